The molecule has 0 saturated carbocycles. The summed E-state index contributed by atoms with van der Waals surface area (Å²) in [5.74, 6) is 0.913. The van der Waals surface area contributed by atoms with E-state index >= 15 is 0 Å². The molecular formula is C18H39IN4O2. The van der Waals surface area contributed by atoms with Gasteiger partial charge in [0.1, 0.15) is 0 Å². The van der Waals surface area contributed by atoms with Crippen molar-refractivity contribution in [3.05, 3.63) is 0 Å². The van der Waals surface area contributed by atoms with Gasteiger partial charge in [0, 0.05) is 32.8 Å². The molecule has 1 fully saturated rings. The van der Waals surface area contributed by atoms with Gasteiger partial charge >= 0.3 is 0 Å². The standard InChI is InChI=1S/C18H38N4O2.HI/c1-4-19-18(20-11-8-13-22(5-2)6-3)21-12-9-14-23-16-17-10-7-15-24-17;/h17H,4-16H2,1-3H3,(H2,19,20,21);1H. The summed E-state index contributed by atoms with van der Waals surface area (Å²) in [5, 5.41) is 6.71. The average molecular weight is 470 g/mol. The van der Waals surface area contributed by atoms with Crippen molar-refractivity contribution in [2.24, 2.45) is 4.99 Å². The van der Waals surface area contributed by atoms with Crippen LogP contribution in [0.3, 0.4) is 0 Å². The Bertz CT molecular complexity index is 322. The maximum Gasteiger partial charge on any atom is 0.191 e. The van der Waals surface area contributed by atoms with Gasteiger partial charge in [-0.15, -0.1) is 24.0 Å². The summed E-state index contributed by atoms with van der Waals surface area (Å²) in [7, 11) is 0. The molecule has 150 valence electrons. The lowest BCUT2D eigenvalue weighted by Crippen LogP contribution is -2.39. The van der Waals surface area contributed by atoms with Crippen molar-refractivity contribution in [1.29, 1.82) is 0 Å². The van der Waals surface area contributed by atoms with Crippen molar-refractivity contribution >= 4 is 29.9 Å². The lowest BCUT2D eigenvalue weighted by molar-refractivity contribution is 0.0171. The predicted octanol–water partition coefficient (Wildman–Crippen LogP) is 2.48. The maximum absolute atomic E-state index is 5.67. The Morgan fingerprint density at radius 1 is 1.20 bits per heavy atom. The largest absolute Gasteiger partial charge is 0.379 e. The fourth-order valence-corrected chi connectivity index (χ4v) is 2.74. The maximum atomic E-state index is 5.67. The molecule has 0 bridgehead atoms. The minimum absolute atomic E-state index is 0. The zero-order valence-corrected chi connectivity index (χ0v) is 18.7. The van der Waals surface area contributed by atoms with Gasteiger partial charge in [0.2, 0.25) is 0 Å². The number of ether oxygens (including phenoxy) is 2. The number of aliphatic imine (C=N–C) groups is 1. The molecule has 1 aliphatic heterocycles. The highest BCUT2D eigenvalue weighted by Crippen LogP contribution is 2.11. The average Bonchev–Trinajstić information content (AvgIpc) is 3.11. The molecule has 6 nitrogen and oxygen atoms in total. The molecule has 1 atom stereocenters. The number of hydrogen-bond acceptors (Lipinski definition) is 4. The van der Waals surface area contributed by atoms with Crippen molar-refractivity contribution in [2.75, 3.05) is 59.1 Å². The summed E-state index contributed by atoms with van der Waals surface area (Å²) >= 11 is 0. The van der Waals surface area contributed by atoms with Gasteiger partial charge < -0.3 is 25.0 Å². The third-order valence-electron chi connectivity index (χ3n) is 4.23. The summed E-state index contributed by atoms with van der Waals surface area (Å²) in [6.07, 6.45) is 4.71. The quantitative estimate of drug-likeness (QED) is 0.188. The zero-order chi connectivity index (χ0) is 17.5. The van der Waals surface area contributed by atoms with Gasteiger partial charge in [-0.2, -0.15) is 0 Å². The normalized spacial score (nSPS) is 17.6. The van der Waals surface area contributed by atoms with Gasteiger partial charge in [0.05, 0.1) is 12.7 Å². The summed E-state index contributed by atoms with van der Waals surface area (Å²) in [6, 6.07) is 0. The summed E-state index contributed by atoms with van der Waals surface area (Å²) in [5.41, 5.74) is 0. The molecule has 2 N–H and O–H groups in total. The molecule has 1 heterocycles. The van der Waals surface area contributed by atoms with E-state index < -0.39 is 0 Å². The van der Waals surface area contributed by atoms with Crippen molar-refractivity contribution in [2.45, 2.75) is 52.6 Å². The summed E-state index contributed by atoms with van der Waals surface area (Å²) in [4.78, 5) is 7.05. The Hall–Kier alpha value is -0.120. The number of nitrogens with zero attached hydrogens (tertiary/aromatic N) is 2. The summed E-state index contributed by atoms with van der Waals surface area (Å²) in [6.45, 7) is 14.9. The van der Waals surface area contributed by atoms with Crippen LogP contribution >= 0.6 is 24.0 Å². The highest BCUT2D eigenvalue weighted by Gasteiger charge is 2.14. The lowest BCUT2D eigenvalue weighted by atomic mass is 10.2. The fraction of sp³-hybridized carbons (Fsp3) is 0.944. The van der Waals surface area contributed by atoms with E-state index in [9.17, 15) is 0 Å². The van der Waals surface area contributed by atoms with Crippen molar-refractivity contribution in [3.8, 4) is 0 Å². The van der Waals surface area contributed by atoms with E-state index in [4.69, 9.17) is 9.47 Å². The van der Waals surface area contributed by atoms with Crippen LogP contribution in [0, 0.1) is 0 Å². The van der Waals surface area contributed by atoms with Gasteiger partial charge in [0.15, 0.2) is 5.96 Å². The molecule has 0 radical (unpaired) electrons. The molecule has 1 rings (SSSR count). The van der Waals surface area contributed by atoms with Crippen LogP contribution in [0.25, 0.3) is 0 Å². The summed E-state index contributed by atoms with van der Waals surface area (Å²) < 4.78 is 11.2. The molecule has 25 heavy (non-hydrogen) atoms. The van der Waals surface area contributed by atoms with Crippen molar-refractivity contribution < 1.29 is 9.47 Å². The van der Waals surface area contributed by atoms with E-state index in [0.29, 0.717) is 6.10 Å². The van der Waals surface area contributed by atoms with Gasteiger partial charge in [-0.1, -0.05) is 13.8 Å². The van der Waals surface area contributed by atoms with Crippen LogP contribution in [0.2, 0.25) is 0 Å². The molecule has 0 amide bonds. The second kappa shape index (κ2) is 17.3. The first kappa shape index (κ1) is 24.9. The third-order valence-corrected chi connectivity index (χ3v) is 4.23. The Balaban J connectivity index is 0.00000576. The van der Waals surface area contributed by atoms with E-state index in [2.05, 4.69) is 41.3 Å². The molecule has 0 aromatic carbocycles. The van der Waals surface area contributed by atoms with Crippen LogP contribution in [0.4, 0.5) is 0 Å². The fourth-order valence-electron chi connectivity index (χ4n) is 2.74. The number of rotatable bonds is 13. The van der Waals surface area contributed by atoms with E-state index in [0.717, 1.165) is 84.3 Å². The molecule has 1 unspecified atom stereocenters. The predicted molar refractivity (Wildman–Crippen MR) is 116 cm³/mol. The Labute approximate surface area is 171 Å². The molecule has 0 aliphatic carbocycles. The third kappa shape index (κ3) is 12.8. The first-order valence-electron chi connectivity index (χ1n) is 9.74. The van der Waals surface area contributed by atoms with Gasteiger partial charge in [-0.3, -0.25) is 4.99 Å². The highest BCUT2D eigenvalue weighted by molar-refractivity contribution is 14.0. The van der Waals surface area contributed by atoms with E-state index in [1.165, 1.54) is 6.42 Å². The second-order valence-corrected chi connectivity index (χ2v) is 6.13. The second-order valence-electron chi connectivity index (χ2n) is 6.13. The van der Waals surface area contributed by atoms with Crippen molar-refractivity contribution in [1.82, 2.24) is 15.5 Å². The van der Waals surface area contributed by atoms with Crippen molar-refractivity contribution in [3.63, 3.8) is 0 Å². The Morgan fingerprint density at radius 3 is 2.64 bits per heavy atom. The molecule has 1 saturated heterocycles. The van der Waals surface area contributed by atoms with Gasteiger partial charge in [0.25, 0.3) is 0 Å². The van der Waals surface area contributed by atoms with E-state index in [-0.39, 0.29) is 24.0 Å². The molecule has 7 heteroatoms. The molecule has 1 aliphatic rings. The number of nitrogens with one attached hydrogen (secondary N) is 2. The number of guanidine groups is 1. The Morgan fingerprint density at radius 2 is 2.00 bits per heavy atom. The smallest absolute Gasteiger partial charge is 0.191 e. The first-order chi connectivity index (χ1) is 11.8. The molecule has 0 spiro atoms. The van der Waals surface area contributed by atoms with Crippen LogP contribution in [0.15, 0.2) is 4.99 Å². The number of hydrogen-bond donors (Lipinski definition) is 2. The Kier molecular flexibility index (Phi) is 17.2. The minimum atomic E-state index is 0. The van der Waals surface area contributed by atoms with Crippen LogP contribution < -0.4 is 10.6 Å². The lowest BCUT2D eigenvalue weighted by Gasteiger charge is -2.18. The molecular weight excluding hydrogens is 431 g/mol. The SMILES string of the molecule is CCNC(=NCCCOCC1CCCO1)NCCCN(CC)CC.I. The van der Waals surface area contributed by atoms with Gasteiger partial charge in [-0.05, 0) is 52.2 Å². The zero-order valence-electron chi connectivity index (χ0n) is 16.4. The highest BCUT2D eigenvalue weighted by atomic mass is 127. The molecule has 0 aromatic heterocycles. The minimum Gasteiger partial charge on any atom is -0.379 e. The van der Waals surface area contributed by atoms with E-state index in [1.807, 2.05) is 0 Å². The van der Waals surface area contributed by atoms with Crippen LogP contribution in [0.1, 0.15) is 46.5 Å². The van der Waals surface area contributed by atoms with E-state index in [1.54, 1.807) is 0 Å². The number of halogens is 1. The van der Waals surface area contributed by atoms with Crippen LogP contribution in [-0.4, -0.2) is 76.1 Å². The van der Waals surface area contributed by atoms with Crippen LogP contribution in [-0.2, 0) is 9.47 Å². The van der Waals surface area contributed by atoms with Crippen LogP contribution in [0.5, 0.6) is 0 Å². The monoisotopic (exact) mass is 470 g/mol. The molecule has 0 aromatic rings. The van der Waals surface area contributed by atoms with Gasteiger partial charge in [-0.25, -0.2) is 0 Å². The first-order valence-corrected chi connectivity index (χ1v) is 9.74. The topological polar surface area (TPSA) is 58.1 Å².